The summed E-state index contributed by atoms with van der Waals surface area (Å²) in [5.74, 6) is 1.61. The molecule has 2 heterocycles. The Morgan fingerprint density at radius 1 is 0.941 bits per heavy atom. The fourth-order valence-electron chi connectivity index (χ4n) is 5.05. The lowest BCUT2D eigenvalue weighted by Crippen LogP contribution is -2.08. The highest BCUT2D eigenvalue weighted by Crippen LogP contribution is 2.36. The molecule has 0 bridgehead atoms. The van der Waals surface area contributed by atoms with E-state index in [4.69, 9.17) is 15.2 Å². The van der Waals surface area contributed by atoms with Gasteiger partial charge in [0.15, 0.2) is 0 Å². The minimum Gasteiger partial charge on any atom is -0.408 e. The highest BCUT2D eigenvalue weighted by atomic mass is 16.4. The normalized spacial score (nSPS) is 18.5. The van der Waals surface area contributed by atoms with E-state index in [0.29, 0.717) is 17.7 Å². The Morgan fingerprint density at radius 3 is 2.38 bits per heavy atom. The number of anilines is 1. The molecular weight excluding hydrogens is 422 g/mol. The number of nitrogens with two attached hydrogens (primary N) is 1. The molecular formula is C28H31N5O. The molecule has 1 fully saturated rings. The largest absolute Gasteiger partial charge is 0.408 e. The highest BCUT2D eigenvalue weighted by molar-refractivity contribution is 5.68. The summed E-state index contributed by atoms with van der Waals surface area (Å²) >= 11 is 0. The van der Waals surface area contributed by atoms with Crippen LogP contribution in [-0.4, -0.2) is 20.0 Å². The molecule has 1 saturated carbocycles. The van der Waals surface area contributed by atoms with Gasteiger partial charge in [0.05, 0.1) is 17.9 Å². The second-order valence-corrected chi connectivity index (χ2v) is 9.31. The van der Waals surface area contributed by atoms with Gasteiger partial charge in [0.2, 0.25) is 5.89 Å². The molecule has 2 aromatic carbocycles. The summed E-state index contributed by atoms with van der Waals surface area (Å²) in [6.45, 7) is 5.17. The fourth-order valence-corrected chi connectivity index (χ4v) is 5.05. The second kappa shape index (κ2) is 10.1. The van der Waals surface area contributed by atoms with Crippen LogP contribution in [0.2, 0.25) is 0 Å². The van der Waals surface area contributed by atoms with Gasteiger partial charge in [0.25, 0.3) is 0 Å². The molecule has 0 aliphatic heterocycles. The average molecular weight is 454 g/mol. The first kappa shape index (κ1) is 22.1. The first-order valence-corrected chi connectivity index (χ1v) is 12.1. The predicted molar refractivity (Wildman–Crippen MR) is 135 cm³/mol. The summed E-state index contributed by atoms with van der Waals surface area (Å²) in [5, 5.41) is 12.9. The number of allylic oxidation sites excluding steroid dienone is 1. The maximum Gasteiger partial charge on any atom is 0.312 e. The molecule has 6 nitrogen and oxygen atoms in total. The lowest BCUT2D eigenvalue weighted by Gasteiger charge is -2.17. The van der Waals surface area contributed by atoms with Gasteiger partial charge in [0.1, 0.15) is 0 Å². The van der Waals surface area contributed by atoms with Crippen molar-refractivity contribution in [3.8, 4) is 22.5 Å². The molecule has 0 saturated heterocycles. The lowest BCUT2D eigenvalue weighted by molar-refractivity contribution is 0.414. The molecule has 2 atom stereocenters. The molecule has 5 rings (SSSR count). The smallest absolute Gasteiger partial charge is 0.312 e. The number of benzene rings is 2. The van der Waals surface area contributed by atoms with Gasteiger partial charge in [0, 0.05) is 11.5 Å². The molecule has 0 amide bonds. The number of rotatable bonds is 7. The highest BCUT2D eigenvalue weighted by Gasteiger charge is 2.24. The van der Waals surface area contributed by atoms with Crippen molar-refractivity contribution in [1.29, 1.82) is 0 Å². The molecule has 6 heteroatoms. The molecule has 174 valence electrons. The van der Waals surface area contributed by atoms with Gasteiger partial charge >= 0.3 is 6.01 Å². The van der Waals surface area contributed by atoms with Crippen molar-refractivity contribution >= 4 is 6.01 Å². The minimum absolute atomic E-state index is 0.160. The molecule has 1 aliphatic carbocycles. The van der Waals surface area contributed by atoms with Gasteiger partial charge in [-0.25, -0.2) is 0 Å². The second-order valence-electron chi connectivity index (χ2n) is 9.31. The lowest BCUT2D eigenvalue weighted by atomic mass is 9.92. The number of nitrogen functional groups attached to an aromatic ring is 1. The third kappa shape index (κ3) is 5.11. The van der Waals surface area contributed by atoms with Crippen molar-refractivity contribution in [2.45, 2.75) is 51.0 Å². The maximum atomic E-state index is 5.62. The number of nitrogens with zero attached hydrogens (tertiary/aromatic N) is 4. The van der Waals surface area contributed by atoms with E-state index in [0.717, 1.165) is 55.6 Å². The molecule has 2 aromatic heterocycles. The zero-order chi connectivity index (χ0) is 23.3. The quantitative estimate of drug-likeness (QED) is 0.255. The van der Waals surface area contributed by atoms with Crippen molar-refractivity contribution < 1.29 is 4.42 Å². The van der Waals surface area contributed by atoms with Gasteiger partial charge in [-0.3, -0.25) is 4.68 Å². The molecule has 2 unspecified atom stereocenters. The zero-order valence-corrected chi connectivity index (χ0v) is 19.4. The number of aromatic nitrogens is 4. The standard InChI is InChI=1S/C28H31N5O/c1-20(17-21-9-8-14-24(16-15-21)27-30-31-28(29)34-27)19-33-26(23-12-6-3-7-13-23)18-25(32-33)22-10-4-2-5-11-22/h2-7,10-13,18,21,24H,1,8-9,14-17,19H2,(H2,29,31). The van der Waals surface area contributed by atoms with Crippen molar-refractivity contribution in [3.05, 3.63) is 84.8 Å². The maximum absolute atomic E-state index is 5.62. The zero-order valence-electron chi connectivity index (χ0n) is 19.4. The van der Waals surface area contributed by atoms with Gasteiger partial charge in [-0.1, -0.05) is 90.8 Å². The molecule has 34 heavy (non-hydrogen) atoms. The predicted octanol–water partition coefficient (Wildman–Crippen LogP) is 6.49. The SMILES string of the molecule is C=C(CC1CCCC(c2nnc(N)o2)CC1)Cn1nc(-c2ccccc2)cc1-c1ccccc1. The number of hydrogen-bond acceptors (Lipinski definition) is 5. The van der Waals surface area contributed by atoms with Crippen LogP contribution in [0, 0.1) is 5.92 Å². The molecule has 0 radical (unpaired) electrons. The van der Waals surface area contributed by atoms with E-state index in [1.54, 1.807) is 0 Å². The van der Waals surface area contributed by atoms with E-state index in [9.17, 15) is 0 Å². The first-order chi connectivity index (χ1) is 16.7. The first-order valence-electron chi connectivity index (χ1n) is 12.1. The van der Waals surface area contributed by atoms with Crippen LogP contribution in [0.15, 0.2) is 83.3 Å². The molecule has 4 aromatic rings. The summed E-state index contributed by atoms with van der Waals surface area (Å²) in [7, 11) is 0. The van der Waals surface area contributed by atoms with Crippen LogP contribution in [-0.2, 0) is 6.54 Å². The average Bonchev–Trinajstić information content (AvgIpc) is 3.41. The van der Waals surface area contributed by atoms with Crippen molar-refractivity contribution in [2.75, 3.05) is 5.73 Å². The van der Waals surface area contributed by atoms with Crippen molar-refractivity contribution in [1.82, 2.24) is 20.0 Å². The summed E-state index contributed by atoms with van der Waals surface area (Å²) in [6, 6.07) is 23.2. The van der Waals surface area contributed by atoms with E-state index < -0.39 is 0 Å². The summed E-state index contributed by atoms with van der Waals surface area (Å²) in [4.78, 5) is 0. The van der Waals surface area contributed by atoms with Gasteiger partial charge in [-0.2, -0.15) is 5.10 Å². The van der Waals surface area contributed by atoms with Crippen molar-refractivity contribution in [2.24, 2.45) is 5.92 Å². The monoisotopic (exact) mass is 453 g/mol. The fraction of sp³-hybridized carbons (Fsp3) is 0.321. The van der Waals surface area contributed by atoms with Crippen LogP contribution in [0.5, 0.6) is 0 Å². The van der Waals surface area contributed by atoms with Gasteiger partial charge in [-0.05, 0) is 43.2 Å². The topological polar surface area (TPSA) is 82.8 Å². The summed E-state index contributed by atoms with van der Waals surface area (Å²) in [5.41, 5.74) is 11.2. The third-order valence-electron chi connectivity index (χ3n) is 6.76. The Kier molecular flexibility index (Phi) is 6.56. The summed E-state index contributed by atoms with van der Waals surface area (Å²) < 4.78 is 7.61. The Labute approximate surface area is 200 Å². The van der Waals surface area contributed by atoms with Gasteiger partial charge < -0.3 is 10.2 Å². The van der Waals surface area contributed by atoms with Crippen molar-refractivity contribution in [3.63, 3.8) is 0 Å². The Bertz CT molecular complexity index is 1230. The minimum atomic E-state index is 0.160. The van der Waals surface area contributed by atoms with Crippen LogP contribution in [0.1, 0.15) is 50.3 Å². The Hall–Kier alpha value is -3.67. The van der Waals surface area contributed by atoms with E-state index >= 15 is 0 Å². The number of hydrogen-bond donors (Lipinski definition) is 1. The van der Waals surface area contributed by atoms with E-state index in [-0.39, 0.29) is 6.01 Å². The van der Waals surface area contributed by atoms with Gasteiger partial charge in [-0.15, -0.1) is 5.10 Å². The third-order valence-corrected chi connectivity index (χ3v) is 6.76. The van der Waals surface area contributed by atoms with Crippen LogP contribution >= 0.6 is 0 Å². The Balaban J connectivity index is 1.29. The summed E-state index contributed by atoms with van der Waals surface area (Å²) in [6.07, 6.45) is 6.61. The molecule has 1 aliphatic rings. The van der Waals surface area contributed by atoms with Crippen LogP contribution in [0.4, 0.5) is 6.01 Å². The van der Waals surface area contributed by atoms with Crippen LogP contribution in [0.25, 0.3) is 22.5 Å². The molecule has 2 N–H and O–H groups in total. The van der Waals surface area contributed by atoms with Crippen LogP contribution < -0.4 is 5.73 Å². The van der Waals surface area contributed by atoms with E-state index in [2.05, 4.69) is 76.1 Å². The molecule has 0 spiro atoms. The van der Waals surface area contributed by atoms with E-state index in [1.807, 2.05) is 12.1 Å². The Morgan fingerprint density at radius 2 is 1.68 bits per heavy atom. The van der Waals surface area contributed by atoms with Crippen LogP contribution in [0.3, 0.4) is 0 Å². The van der Waals surface area contributed by atoms with E-state index in [1.165, 1.54) is 17.6 Å².